The number of carbonyl (C=O) groups is 1. The summed E-state index contributed by atoms with van der Waals surface area (Å²) in [6.07, 6.45) is 0. The van der Waals surface area contributed by atoms with Gasteiger partial charge in [0.15, 0.2) is 5.11 Å². The SMILES string of the molecule is NC(=S)N(NC(=O)c1ccccc1)c1ccccc1. The summed E-state index contributed by atoms with van der Waals surface area (Å²) in [6, 6.07) is 18.1. The van der Waals surface area contributed by atoms with Crippen molar-refractivity contribution in [3.05, 3.63) is 66.2 Å². The molecule has 0 saturated carbocycles. The largest absolute Gasteiger partial charge is 0.374 e. The Bertz CT molecular complexity index is 572. The molecule has 0 aliphatic heterocycles. The van der Waals surface area contributed by atoms with Crippen molar-refractivity contribution in [1.82, 2.24) is 5.43 Å². The number of hydrogen-bond acceptors (Lipinski definition) is 2. The van der Waals surface area contributed by atoms with E-state index < -0.39 is 0 Å². The summed E-state index contributed by atoms with van der Waals surface area (Å²) in [5.41, 5.74) is 9.56. The third kappa shape index (κ3) is 3.29. The number of thiocarbonyl (C=S) groups is 1. The number of hydrogen-bond donors (Lipinski definition) is 2. The van der Waals surface area contributed by atoms with Gasteiger partial charge in [0, 0.05) is 5.56 Å². The second-order valence-electron chi connectivity index (χ2n) is 3.82. The summed E-state index contributed by atoms with van der Waals surface area (Å²) >= 11 is 4.96. The number of para-hydroxylation sites is 1. The van der Waals surface area contributed by atoms with Crippen LogP contribution in [0.1, 0.15) is 10.4 Å². The van der Waals surface area contributed by atoms with E-state index in [1.807, 2.05) is 36.4 Å². The molecule has 0 unspecified atom stereocenters. The number of carbonyl (C=O) groups excluding carboxylic acids is 1. The number of hydrazine groups is 1. The molecule has 19 heavy (non-hydrogen) atoms. The Hall–Kier alpha value is -2.40. The standard InChI is InChI=1S/C14H13N3OS/c15-14(19)17(12-9-5-2-6-10-12)16-13(18)11-7-3-1-4-8-11/h1-10H,(H2,15,19)(H,16,18). The van der Waals surface area contributed by atoms with E-state index in [0.29, 0.717) is 11.3 Å². The van der Waals surface area contributed by atoms with E-state index >= 15 is 0 Å². The Morgan fingerprint density at radius 2 is 1.53 bits per heavy atom. The first kappa shape index (κ1) is 13.0. The summed E-state index contributed by atoms with van der Waals surface area (Å²) in [4.78, 5) is 12.1. The van der Waals surface area contributed by atoms with Crippen LogP contribution in [0.3, 0.4) is 0 Å². The molecule has 3 N–H and O–H groups in total. The minimum Gasteiger partial charge on any atom is -0.374 e. The van der Waals surface area contributed by atoms with Gasteiger partial charge in [-0.3, -0.25) is 10.2 Å². The molecule has 0 fully saturated rings. The van der Waals surface area contributed by atoms with Crippen LogP contribution in [0.5, 0.6) is 0 Å². The second-order valence-corrected chi connectivity index (χ2v) is 4.23. The lowest BCUT2D eigenvalue weighted by atomic mass is 10.2. The third-order valence-electron chi connectivity index (χ3n) is 2.48. The molecule has 2 aromatic rings. The lowest BCUT2D eigenvalue weighted by Crippen LogP contribution is -2.49. The van der Waals surface area contributed by atoms with Crippen LogP contribution in [0.4, 0.5) is 5.69 Å². The lowest BCUT2D eigenvalue weighted by molar-refractivity contribution is 0.0955. The summed E-state index contributed by atoms with van der Waals surface area (Å²) < 4.78 is 0. The average Bonchev–Trinajstić information content (AvgIpc) is 2.46. The summed E-state index contributed by atoms with van der Waals surface area (Å²) in [5.74, 6) is -0.266. The van der Waals surface area contributed by atoms with Gasteiger partial charge in [0.25, 0.3) is 5.91 Å². The fourth-order valence-corrected chi connectivity index (χ4v) is 1.73. The molecule has 5 heteroatoms. The molecule has 0 spiro atoms. The lowest BCUT2D eigenvalue weighted by Gasteiger charge is -2.23. The van der Waals surface area contributed by atoms with Gasteiger partial charge in [-0.05, 0) is 36.5 Å². The number of nitrogens with one attached hydrogen (secondary N) is 1. The monoisotopic (exact) mass is 271 g/mol. The van der Waals surface area contributed by atoms with Gasteiger partial charge >= 0.3 is 0 Å². The number of rotatable bonds is 2. The Balaban J connectivity index is 2.19. The van der Waals surface area contributed by atoms with Crippen LogP contribution < -0.4 is 16.2 Å². The molecule has 0 heterocycles. The maximum absolute atomic E-state index is 12.1. The van der Waals surface area contributed by atoms with Crippen molar-refractivity contribution in [3.8, 4) is 0 Å². The zero-order valence-electron chi connectivity index (χ0n) is 10.1. The van der Waals surface area contributed by atoms with E-state index in [9.17, 15) is 4.79 Å². The van der Waals surface area contributed by atoms with Gasteiger partial charge in [0.1, 0.15) is 0 Å². The highest BCUT2D eigenvalue weighted by Crippen LogP contribution is 2.11. The number of anilines is 1. The molecular formula is C14H13N3OS. The van der Waals surface area contributed by atoms with Gasteiger partial charge in [-0.2, -0.15) is 0 Å². The van der Waals surface area contributed by atoms with Crippen LogP contribution in [0.2, 0.25) is 0 Å². The maximum atomic E-state index is 12.1. The van der Waals surface area contributed by atoms with Crippen LogP contribution in [0, 0.1) is 0 Å². The van der Waals surface area contributed by atoms with Gasteiger partial charge in [-0.1, -0.05) is 36.4 Å². The molecule has 0 aromatic heterocycles. The van der Waals surface area contributed by atoms with E-state index in [-0.39, 0.29) is 11.0 Å². The quantitative estimate of drug-likeness (QED) is 0.648. The number of nitrogens with two attached hydrogens (primary N) is 1. The van der Waals surface area contributed by atoms with Gasteiger partial charge in [0.2, 0.25) is 0 Å². The first-order valence-electron chi connectivity index (χ1n) is 5.69. The molecule has 96 valence electrons. The minimum absolute atomic E-state index is 0.0791. The molecule has 0 atom stereocenters. The third-order valence-corrected chi connectivity index (χ3v) is 2.67. The molecule has 2 aromatic carbocycles. The number of benzene rings is 2. The summed E-state index contributed by atoms with van der Waals surface area (Å²) in [5, 5.41) is 1.46. The highest BCUT2D eigenvalue weighted by molar-refractivity contribution is 7.80. The smallest absolute Gasteiger partial charge is 0.270 e. The summed E-state index contributed by atoms with van der Waals surface area (Å²) in [7, 11) is 0. The van der Waals surface area contributed by atoms with Gasteiger partial charge in [-0.25, -0.2) is 5.01 Å². The fraction of sp³-hybridized carbons (Fsp3) is 0. The van der Waals surface area contributed by atoms with Crippen molar-refractivity contribution in [3.63, 3.8) is 0 Å². The minimum atomic E-state index is -0.266. The molecule has 0 aliphatic rings. The predicted octanol–water partition coefficient (Wildman–Crippen LogP) is 2.08. The molecule has 0 bridgehead atoms. The van der Waals surface area contributed by atoms with Crippen molar-refractivity contribution in [2.45, 2.75) is 0 Å². The van der Waals surface area contributed by atoms with Gasteiger partial charge < -0.3 is 5.73 Å². The fourth-order valence-electron chi connectivity index (χ4n) is 1.58. The zero-order chi connectivity index (χ0) is 13.7. The zero-order valence-corrected chi connectivity index (χ0v) is 10.9. The molecule has 1 amide bonds. The molecule has 0 radical (unpaired) electrons. The predicted molar refractivity (Wildman–Crippen MR) is 79.6 cm³/mol. The van der Waals surface area contributed by atoms with Crippen molar-refractivity contribution in [1.29, 1.82) is 0 Å². The van der Waals surface area contributed by atoms with E-state index in [0.717, 1.165) is 0 Å². The van der Waals surface area contributed by atoms with Crippen LogP contribution >= 0.6 is 12.2 Å². The normalized spacial score (nSPS) is 9.68. The molecule has 4 nitrogen and oxygen atoms in total. The summed E-state index contributed by atoms with van der Waals surface area (Å²) in [6.45, 7) is 0. The van der Waals surface area contributed by atoms with E-state index in [1.54, 1.807) is 24.3 Å². The van der Waals surface area contributed by atoms with Crippen LogP contribution in [0.15, 0.2) is 60.7 Å². The van der Waals surface area contributed by atoms with Crippen LogP contribution in [-0.2, 0) is 0 Å². The molecule has 2 rings (SSSR count). The molecule has 0 saturated heterocycles. The molecular weight excluding hydrogens is 258 g/mol. The van der Waals surface area contributed by atoms with Crippen molar-refractivity contribution in [2.24, 2.45) is 5.73 Å². The van der Waals surface area contributed by atoms with E-state index in [1.165, 1.54) is 5.01 Å². The van der Waals surface area contributed by atoms with E-state index in [4.69, 9.17) is 18.0 Å². The van der Waals surface area contributed by atoms with Crippen molar-refractivity contribution < 1.29 is 4.79 Å². The molecule has 0 aliphatic carbocycles. The number of amides is 1. The maximum Gasteiger partial charge on any atom is 0.270 e. The Morgan fingerprint density at radius 1 is 1.00 bits per heavy atom. The van der Waals surface area contributed by atoms with Crippen molar-refractivity contribution >= 4 is 28.9 Å². The van der Waals surface area contributed by atoms with E-state index in [2.05, 4.69) is 5.43 Å². The Morgan fingerprint density at radius 3 is 2.05 bits per heavy atom. The first-order valence-corrected chi connectivity index (χ1v) is 6.10. The van der Waals surface area contributed by atoms with Crippen molar-refractivity contribution in [2.75, 3.05) is 5.01 Å². The topological polar surface area (TPSA) is 58.4 Å². The Labute approximate surface area is 116 Å². The average molecular weight is 271 g/mol. The van der Waals surface area contributed by atoms with Gasteiger partial charge in [0.05, 0.1) is 5.69 Å². The second kappa shape index (κ2) is 5.97. The van der Waals surface area contributed by atoms with Gasteiger partial charge in [-0.15, -0.1) is 0 Å². The van der Waals surface area contributed by atoms with Crippen LogP contribution in [-0.4, -0.2) is 11.0 Å². The number of nitrogens with zero attached hydrogens (tertiary/aromatic N) is 1. The Kier molecular flexibility index (Phi) is 4.10. The highest BCUT2D eigenvalue weighted by Gasteiger charge is 2.13. The first-order chi connectivity index (χ1) is 9.18. The van der Waals surface area contributed by atoms with Crippen LogP contribution in [0.25, 0.3) is 0 Å². The highest BCUT2D eigenvalue weighted by atomic mass is 32.1.